The highest BCUT2D eigenvalue weighted by Crippen LogP contribution is 2.14. The Morgan fingerprint density at radius 2 is 2.08 bits per heavy atom. The lowest BCUT2D eigenvalue weighted by atomic mass is 10.1. The number of hydrogen-bond donors (Lipinski definition) is 1. The van der Waals surface area contributed by atoms with Crippen LogP contribution in [0.5, 0.6) is 0 Å². The summed E-state index contributed by atoms with van der Waals surface area (Å²) in [7, 11) is 1.96. The molecule has 0 spiro atoms. The van der Waals surface area contributed by atoms with Gasteiger partial charge in [0.2, 0.25) is 0 Å². The molecular weight excluding hydrogens is 160 g/mol. The number of nitrogens with zero attached hydrogens (tertiary/aromatic N) is 1. The zero-order valence-corrected chi connectivity index (χ0v) is 8.89. The Bertz CT molecular complexity index is 279. The summed E-state index contributed by atoms with van der Waals surface area (Å²) in [6.07, 6.45) is 0. The van der Waals surface area contributed by atoms with Crippen molar-refractivity contribution in [1.29, 1.82) is 0 Å². The first-order valence-electron chi connectivity index (χ1n) is 4.75. The summed E-state index contributed by atoms with van der Waals surface area (Å²) in [5, 5.41) is 3.15. The molecule has 2 nitrogen and oxygen atoms in total. The largest absolute Gasteiger partial charge is 0.316 e. The molecule has 2 heteroatoms. The van der Waals surface area contributed by atoms with Crippen LogP contribution in [0, 0.1) is 6.92 Å². The minimum absolute atomic E-state index is 0.510. The summed E-state index contributed by atoms with van der Waals surface area (Å²) in [6, 6.07) is 4.30. The topological polar surface area (TPSA) is 24.9 Å². The molecule has 0 aromatic carbocycles. The Morgan fingerprint density at radius 3 is 2.62 bits per heavy atom. The second-order valence-electron chi connectivity index (χ2n) is 3.73. The number of hydrogen-bond acceptors (Lipinski definition) is 2. The van der Waals surface area contributed by atoms with Crippen molar-refractivity contribution in [3.8, 4) is 0 Å². The number of pyridine rings is 1. The van der Waals surface area contributed by atoms with Crippen molar-refractivity contribution in [2.75, 3.05) is 7.05 Å². The van der Waals surface area contributed by atoms with Gasteiger partial charge in [-0.25, -0.2) is 0 Å². The van der Waals surface area contributed by atoms with Crippen LogP contribution in [0.25, 0.3) is 0 Å². The first-order chi connectivity index (χ1) is 6.13. The fourth-order valence-electron chi connectivity index (χ4n) is 1.37. The molecule has 0 saturated heterocycles. The van der Waals surface area contributed by atoms with E-state index in [4.69, 9.17) is 0 Å². The van der Waals surface area contributed by atoms with E-state index in [1.807, 2.05) is 14.0 Å². The molecule has 0 aliphatic rings. The van der Waals surface area contributed by atoms with Crippen LogP contribution in [0.3, 0.4) is 0 Å². The van der Waals surface area contributed by atoms with Gasteiger partial charge < -0.3 is 5.32 Å². The highest BCUT2D eigenvalue weighted by molar-refractivity contribution is 5.22. The standard InChI is InChI=1S/C11H18N2/c1-8(2)11-6-10(7-12-4)5-9(3)13-11/h5-6,8,12H,7H2,1-4H3. The molecule has 0 unspecified atom stereocenters. The van der Waals surface area contributed by atoms with Gasteiger partial charge in [-0.3, -0.25) is 4.98 Å². The zero-order chi connectivity index (χ0) is 9.84. The molecule has 1 rings (SSSR count). The van der Waals surface area contributed by atoms with Crippen molar-refractivity contribution in [3.63, 3.8) is 0 Å². The van der Waals surface area contributed by atoms with Crippen LogP contribution in [0.1, 0.15) is 36.7 Å². The van der Waals surface area contributed by atoms with E-state index in [2.05, 4.69) is 36.3 Å². The Hall–Kier alpha value is -0.890. The van der Waals surface area contributed by atoms with E-state index in [1.165, 1.54) is 11.3 Å². The van der Waals surface area contributed by atoms with Crippen LogP contribution < -0.4 is 5.32 Å². The van der Waals surface area contributed by atoms with Crippen LogP contribution in [-0.2, 0) is 6.54 Å². The third-order valence-corrected chi connectivity index (χ3v) is 2.01. The third kappa shape index (κ3) is 2.81. The van der Waals surface area contributed by atoms with Gasteiger partial charge in [0.15, 0.2) is 0 Å². The van der Waals surface area contributed by atoms with Gasteiger partial charge in [-0.05, 0) is 37.6 Å². The Kier molecular flexibility index (Phi) is 3.43. The highest BCUT2D eigenvalue weighted by Gasteiger charge is 2.03. The van der Waals surface area contributed by atoms with Gasteiger partial charge in [0, 0.05) is 17.9 Å². The number of nitrogens with one attached hydrogen (secondary N) is 1. The Morgan fingerprint density at radius 1 is 1.38 bits per heavy atom. The van der Waals surface area contributed by atoms with E-state index in [-0.39, 0.29) is 0 Å². The molecular formula is C11H18N2. The monoisotopic (exact) mass is 178 g/mol. The molecule has 0 atom stereocenters. The predicted molar refractivity (Wildman–Crippen MR) is 55.8 cm³/mol. The van der Waals surface area contributed by atoms with Crippen molar-refractivity contribution in [1.82, 2.24) is 10.3 Å². The van der Waals surface area contributed by atoms with Crippen molar-refractivity contribution >= 4 is 0 Å². The van der Waals surface area contributed by atoms with Gasteiger partial charge in [-0.1, -0.05) is 13.8 Å². The lowest BCUT2D eigenvalue weighted by molar-refractivity contribution is 0.782. The quantitative estimate of drug-likeness (QED) is 0.767. The average molecular weight is 178 g/mol. The van der Waals surface area contributed by atoms with Gasteiger partial charge >= 0.3 is 0 Å². The van der Waals surface area contributed by atoms with Crippen LogP contribution in [-0.4, -0.2) is 12.0 Å². The molecule has 0 amide bonds. The third-order valence-electron chi connectivity index (χ3n) is 2.01. The number of rotatable bonds is 3. The number of aromatic nitrogens is 1. The molecule has 72 valence electrons. The van der Waals surface area contributed by atoms with Crippen LogP contribution in [0.4, 0.5) is 0 Å². The van der Waals surface area contributed by atoms with E-state index in [0.29, 0.717) is 5.92 Å². The van der Waals surface area contributed by atoms with Crippen molar-refractivity contribution in [3.05, 3.63) is 29.1 Å². The fraction of sp³-hybridized carbons (Fsp3) is 0.545. The van der Waals surface area contributed by atoms with Crippen molar-refractivity contribution < 1.29 is 0 Å². The summed E-state index contributed by atoms with van der Waals surface area (Å²) in [6.45, 7) is 7.31. The average Bonchev–Trinajstić information content (AvgIpc) is 2.03. The van der Waals surface area contributed by atoms with E-state index >= 15 is 0 Å². The second kappa shape index (κ2) is 4.38. The van der Waals surface area contributed by atoms with Crippen LogP contribution >= 0.6 is 0 Å². The second-order valence-corrected chi connectivity index (χ2v) is 3.73. The molecule has 13 heavy (non-hydrogen) atoms. The molecule has 1 aromatic heterocycles. The molecule has 0 fully saturated rings. The smallest absolute Gasteiger partial charge is 0.0435 e. The van der Waals surface area contributed by atoms with Crippen LogP contribution in [0.2, 0.25) is 0 Å². The molecule has 0 aliphatic heterocycles. The van der Waals surface area contributed by atoms with E-state index in [1.54, 1.807) is 0 Å². The number of aryl methyl sites for hydroxylation is 1. The van der Waals surface area contributed by atoms with E-state index in [0.717, 1.165) is 12.2 Å². The SMILES string of the molecule is CNCc1cc(C)nc(C(C)C)c1. The van der Waals surface area contributed by atoms with Gasteiger partial charge in [0.1, 0.15) is 0 Å². The fourth-order valence-corrected chi connectivity index (χ4v) is 1.37. The zero-order valence-electron chi connectivity index (χ0n) is 8.89. The predicted octanol–water partition coefficient (Wildman–Crippen LogP) is 2.23. The molecule has 0 aliphatic carbocycles. The van der Waals surface area contributed by atoms with Crippen LogP contribution in [0.15, 0.2) is 12.1 Å². The molecule has 1 heterocycles. The molecule has 0 bridgehead atoms. The highest BCUT2D eigenvalue weighted by atomic mass is 14.8. The first kappa shape index (κ1) is 10.2. The summed E-state index contributed by atoms with van der Waals surface area (Å²) >= 11 is 0. The molecule has 0 radical (unpaired) electrons. The maximum atomic E-state index is 4.49. The van der Waals surface area contributed by atoms with Gasteiger partial charge in [-0.15, -0.1) is 0 Å². The lowest BCUT2D eigenvalue weighted by Crippen LogP contribution is -2.07. The Balaban J connectivity index is 2.96. The van der Waals surface area contributed by atoms with Gasteiger partial charge in [0.25, 0.3) is 0 Å². The van der Waals surface area contributed by atoms with Gasteiger partial charge in [-0.2, -0.15) is 0 Å². The first-order valence-corrected chi connectivity index (χ1v) is 4.75. The molecule has 1 N–H and O–H groups in total. The lowest BCUT2D eigenvalue weighted by Gasteiger charge is -2.08. The van der Waals surface area contributed by atoms with E-state index < -0.39 is 0 Å². The minimum atomic E-state index is 0.510. The maximum Gasteiger partial charge on any atom is 0.0435 e. The summed E-state index contributed by atoms with van der Waals surface area (Å²) in [5.41, 5.74) is 3.61. The Labute approximate surface area is 80.4 Å². The normalized spacial score (nSPS) is 10.8. The summed E-state index contributed by atoms with van der Waals surface area (Å²) < 4.78 is 0. The van der Waals surface area contributed by atoms with Crippen molar-refractivity contribution in [2.24, 2.45) is 0 Å². The molecule has 1 aromatic rings. The maximum absolute atomic E-state index is 4.49. The molecule has 0 saturated carbocycles. The van der Waals surface area contributed by atoms with E-state index in [9.17, 15) is 0 Å². The minimum Gasteiger partial charge on any atom is -0.316 e. The summed E-state index contributed by atoms with van der Waals surface area (Å²) in [5.74, 6) is 0.510. The van der Waals surface area contributed by atoms with Gasteiger partial charge in [0.05, 0.1) is 0 Å². The van der Waals surface area contributed by atoms with Crippen molar-refractivity contribution in [2.45, 2.75) is 33.2 Å². The summed E-state index contributed by atoms with van der Waals surface area (Å²) in [4.78, 5) is 4.49.